The molecule has 7 aromatic heterocycles. The van der Waals surface area contributed by atoms with Gasteiger partial charge < -0.3 is 36.4 Å². The Morgan fingerprint density at radius 2 is 1.47 bits per heavy atom. The molecule has 1 aliphatic heterocycles. The van der Waals surface area contributed by atoms with Gasteiger partial charge in [-0.15, -0.1) is 68.0 Å². The Kier molecular flexibility index (Phi) is 16.7. The number of rotatable bonds is 9. The third kappa shape index (κ3) is 12.0. The van der Waals surface area contributed by atoms with E-state index in [0.29, 0.717) is 68.7 Å². The Morgan fingerprint density at radius 3 is 2.22 bits per heavy atom. The number of nitrogens with zero attached hydrogens (tertiary/aromatic N) is 10. The van der Waals surface area contributed by atoms with Gasteiger partial charge in [0.1, 0.15) is 82.0 Å². The van der Waals surface area contributed by atoms with Gasteiger partial charge in [-0.2, -0.15) is 0 Å². The first kappa shape index (κ1) is 54.2. The molecule has 0 fully saturated rings. The van der Waals surface area contributed by atoms with E-state index in [1.54, 1.807) is 65.5 Å². The summed E-state index contributed by atoms with van der Waals surface area (Å²) in [5.41, 5.74) is 11.3. The number of aliphatic hydroxyl groups is 1. The first-order chi connectivity index (χ1) is 37.1. The molecule has 0 aliphatic carbocycles. The van der Waals surface area contributed by atoms with Crippen LogP contribution < -0.4 is 26.6 Å². The minimum atomic E-state index is -1.28. The van der Waals surface area contributed by atoms with Crippen molar-refractivity contribution in [2.45, 2.75) is 58.0 Å². The lowest BCUT2D eigenvalue weighted by atomic mass is 10.0. The van der Waals surface area contributed by atoms with Crippen LogP contribution in [-0.4, -0.2) is 96.1 Å². The number of ether oxygens (including phenoxy) is 1. The molecule has 10 bridgehead atoms. The van der Waals surface area contributed by atoms with Crippen LogP contribution in [0.15, 0.2) is 69.1 Å². The van der Waals surface area contributed by atoms with Crippen LogP contribution in [0.5, 0.6) is 0 Å². The van der Waals surface area contributed by atoms with Gasteiger partial charge in [-0.1, -0.05) is 44.2 Å². The number of carbonyl (C=O) groups is 6. The fraction of sp³-hybridized carbons (Fsp3) is 0.271. The smallest absolute Gasteiger partial charge is 0.271 e. The molecule has 0 radical (unpaired) electrons. The monoisotopic (exact) mass is 1150 g/mol. The third-order valence-electron chi connectivity index (χ3n) is 11.6. The van der Waals surface area contributed by atoms with Crippen LogP contribution in [0, 0.1) is 12.8 Å². The number of carbonyl (C=O) groups excluding carboxylic acids is 6. The van der Waals surface area contributed by atoms with Gasteiger partial charge in [0, 0.05) is 51.0 Å². The van der Waals surface area contributed by atoms with E-state index in [4.69, 9.17) is 30.2 Å². The molecule has 6 amide bonds. The molecule has 0 unspecified atom stereocenters. The van der Waals surface area contributed by atoms with Gasteiger partial charge in [0.15, 0.2) is 0 Å². The van der Waals surface area contributed by atoms with Crippen molar-refractivity contribution in [2.24, 2.45) is 11.0 Å². The number of amides is 6. The number of thiazole rings is 6. The van der Waals surface area contributed by atoms with E-state index in [0.717, 1.165) is 34.0 Å². The highest BCUT2D eigenvalue weighted by molar-refractivity contribution is 7.15. The molecule has 8 aromatic rings. The van der Waals surface area contributed by atoms with Crippen molar-refractivity contribution in [2.75, 3.05) is 20.7 Å². The number of aliphatic hydroxyl groups excluding tert-OH is 1. The molecule has 0 saturated heterocycles. The first-order valence-electron chi connectivity index (χ1n) is 23.2. The highest BCUT2D eigenvalue weighted by Crippen LogP contribution is 2.40. The Labute approximate surface area is 461 Å². The zero-order valence-electron chi connectivity index (χ0n) is 41.1. The number of nitrogens with one attached hydrogen (secondary N) is 5. The van der Waals surface area contributed by atoms with Crippen molar-refractivity contribution in [3.63, 3.8) is 0 Å². The van der Waals surface area contributed by atoms with Crippen molar-refractivity contribution < 1.29 is 38.6 Å². The van der Waals surface area contributed by atoms with Crippen molar-refractivity contribution in [1.29, 1.82) is 0 Å². The molecule has 23 nitrogen and oxygen atoms in total. The molecule has 77 heavy (non-hydrogen) atoms. The number of hydrogen-bond acceptors (Lipinski definition) is 21. The summed E-state index contributed by atoms with van der Waals surface area (Å²) < 4.78 is 5.43. The van der Waals surface area contributed by atoms with Crippen LogP contribution >= 0.6 is 68.0 Å². The van der Waals surface area contributed by atoms with Crippen molar-refractivity contribution in [3.05, 3.63) is 128 Å². The summed E-state index contributed by atoms with van der Waals surface area (Å²) >= 11 is 6.97. The molecule has 6 N–H and O–H groups in total. The van der Waals surface area contributed by atoms with Crippen LogP contribution in [0.1, 0.15) is 117 Å². The summed E-state index contributed by atoms with van der Waals surface area (Å²) in [5, 5.41) is 37.7. The molecule has 9 rings (SSSR count). The standard InChI is InChI=1S/C48H43N15O8S6/c1-20(2)33-48-61-36(30(77-48)15-71-5)41(69)51-14-32(65)58-37(38(66)22-9-7-6-8-10-22)47-57-29(19-75-47)45-54-26(16-73-45)35-23(11-12-24(52-35)44-56-28(18-74-44)40(68)62-63-49)43-55-27(17-72-43)39(67)53-25(13-31(64)50-4)46-60-34(21(3)76-46)42(70)59-33/h6-12,16-20,25,33,37-38,66H,13-15H2,1-5H3,(H,50,64)(H,51,69)(H,53,67)(H,58,65)(H,59,70)/t25-,33-,37-,38-/m0/s1. The number of azide groups is 1. The van der Waals surface area contributed by atoms with Gasteiger partial charge in [-0.25, -0.2) is 34.9 Å². The van der Waals surface area contributed by atoms with Gasteiger partial charge in [-0.05, 0) is 41.2 Å². The number of aromatic nitrogens is 7. The molecule has 4 atom stereocenters. The average Bonchev–Trinajstić information content (AvgIpc) is 4.33. The Balaban J connectivity index is 1.14. The number of aryl methyl sites for hydroxylation is 1. The van der Waals surface area contributed by atoms with E-state index in [1.165, 1.54) is 53.5 Å². The second kappa shape index (κ2) is 23.7. The number of methoxy groups -OCH3 is 1. The Morgan fingerprint density at radius 1 is 0.753 bits per heavy atom. The van der Waals surface area contributed by atoms with Gasteiger partial charge in [0.2, 0.25) is 11.8 Å². The zero-order chi connectivity index (χ0) is 54.5. The first-order valence-corrected chi connectivity index (χ1v) is 28.3. The second-order valence-corrected chi connectivity index (χ2v) is 23.0. The molecule has 1 aromatic carbocycles. The maximum absolute atomic E-state index is 14.2. The largest absolute Gasteiger partial charge is 0.386 e. The molecule has 0 saturated carbocycles. The predicted molar refractivity (Wildman–Crippen MR) is 290 cm³/mol. The van der Waals surface area contributed by atoms with E-state index in [-0.39, 0.29) is 46.7 Å². The van der Waals surface area contributed by atoms with Crippen LogP contribution in [0.3, 0.4) is 0 Å². The molecule has 1 aliphatic rings. The summed E-state index contributed by atoms with van der Waals surface area (Å²) in [7, 11) is 2.93. The van der Waals surface area contributed by atoms with E-state index in [2.05, 4.69) is 51.6 Å². The second-order valence-electron chi connectivity index (χ2n) is 17.2. The minimum absolute atomic E-state index is 0.000783. The molecule has 29 heteroatoms. The SMILES string of the molecule is CNC(=O)C[C@@H]1NC(=O)c2csc(n2)-c2ccc(-c3nc(C(=O)N=[N+]=[N-])cs3)nc2-c2csc(n2)-c2csc(n2)[C@H]([C@@H](O)c2ccccc2)NC(=O)CNC(=O)c2nc(sc2COC)[C@H](C(C)C)NC(=O)c2nc1sc2C. The fourth-order valence-corrected chi connectivity index (χ4v) is 13.3. The molecular formula is C48H43N15O8S6. The van der Waals surface area contributed by atoms with Crippen molar-refractivity contribution >= 4 is 103 Å². The van der Waals surface area contributed by atoms with E-state index >= 15 is 0 Å². The lowest BCUT2D eigenvalue weighted by Crippen LogP contribution is -2.40. The van der Waals surface area contributed by atoms with Gasteiger partial charge >= 0.3 is 0 Å². The fourth-order valence-electron chi connectivity index (χ4n) is 7.77. The van der Waals surface area contributed by atoms with E-state index in [9.17, 15) is 33.9 Å². The third-order valence-corrected chi connectivity index (χ3v) is 17.3. The zero-order valence-corrected chi connectivity index (χ0v) is 46.0. The van der Waals surface area contributed by atoms with Gasteiger partial charge in [0.05, 0.1) is 42.2 Å². The van der Waals surface area contributed by atoms with Gasteiger partial charge in [-0.3, -0.25) is 28.8 Å². The molecule has 394 valence electrons. The van der Waals surface area contributed by atoms with E-state index in [1.807, 2.05) is 13.8 Å². The maximum Gasteiger partial charge on any atom is 0.271 e. The Bertz CT molecular complexity index is 3600. The predicted octanol–water partition coefficient (Wildman–Crippen LogP) is 7.76. The summed E-state index contributed by atoms with van der Waals surface area (Å²) in [5.74, 6) is -4.03. The maximum atomic E-state index is 14.2. The highest BCUT2D eigenvalue weighted by atomic mass is 32.1. The topological polar surface area (TPSA) is 331 Å². The molecule has 8 heterocycles. The Hall–Kier alpha value is -7.60. The summed E-state index contributed by atoms with van der Waals surface area (Å²) in [6, 6.07) is 9.32. The number of benzene rings is 1. The summed E-state index contributed by atoms with van der Waals surface area (Å²) in [4.78, 5) is 118. The highest BCUT2D eigenvalue weighted by Gasteiger charge is 2.33. The van der Waals surface area contributed by atoms with E-state index < -0.39 is 66.2 Å². The average molecular weight is 1150 g/mol. The normalized spacial score (nSPS) is 16.6. The number of hydrogen-bond donors (Lipinski definition) is 6. The lowest BCUT2D eigenvalue weighted by molar-refractivity contribution is -0.122. The summed E-state index contributed by atoms with van der Waals surface area (Å²) in [6.07, 6.45) is -1.50. The minimum Gasteiger partial charge on any atom is -0.386 e. The van der Waals surface area contributed by atoms with Crippen LogP contribution in [0.2, 0.25) is 0 Å². The lowest BCUT2D eigenvalue weighted by Gasteiger charge is -2.23. The number of fused-ring (bicyclic) bond motifs is 14. The van der Waals surface area contributed by atoms with Crippen LogP contribution in [0.4, 0.5) is 0 Å². The summed E-state index contributed by atoms with van der Waals surface area (Å²) in [6.45, 7) is 4.94. The van der Waals surface area contributed by atoms with Crippen LogP contribution in [-0.2, 0) is 20.9 Å². The van der Waals surface area contributed by atoms with Gasteiger partial charge in [0.25, 0.3) is 23.6 Å². The quantitative estimate of drug-likeness (QED) is 0.0457. The molecular weight excluding hydrogens is 1110 g/mol. The molecule has 0 spiro atoms. The van der Waals surface area contributed by atoms with Crippen LogP contribution in [0.25, 0.3) is 53.8 Å². The number of pyridine rings is 1. The van der Waals surface area contributed by atoms with Crippen molar-refractivity contribution in [3.8, 4) is 43.4 Å². The van der Waals surface area contributed by atoms with Crippen molar-refractivity contribution in [1.82, 2.24) is 61.5 Å².